The van der Waals surface area contributed by atoms with Gasteiger partial charge in [-0.3, -0.25) is 9.20 Å². The largest absolute Gasteiger partial charge is 0.389 e. The van der Waals surface area contributed by atoms with Crippen LogP contribution in [-0.4, -0.2) is 55.0 Å². The second-order valence-electron chi connectivity index (χ2n) is 7.96. The maximum absolute atomic E-state index is 13.1. The van der Waals surface area contributed by atoms with Gasteiger partial charge in [0.2, 0.25) is 5.78 Å². The quantitative estimate of drug-likeness (QED) is 0.586. The number of aromatic nitrogens is 3. The van der Waals surface area contributed by atoms with Crippen molar-refractivity contribution in [2.45, 2.75) is 38.0 Å². The number of aliphatic hydroxyl groups is 1. The number of piperidine rings is 1. The van der Waals surface area contributed by atoms with Crippen molar-refractivity contribution in [2.75, 3.05) is 13.1 Å². The van der Waals surface area contributed by atoms with Gasteiger partial charge in [-0.2, -0.15) is 0 Å². The lowest BCUT2D eigenvalue weighted by atomic mass is 9.76. The Labute approximate surface area is 176 Å². The highest BCUT2D eigenvalue weighted by Crippen LogP contribution is 2.32. The number of carbonyl (C=O) groups is 1. The molecule has 3 aromatic rings. The van der Waals surface area contributed by atoms with Gasteiger partial charge in [0.15, 0.2) is 0 Å². The van der Waals surface area contributed by atoms with E-state index in [1.54, 1.807) is 21.7 Å². The van der Waals surface area contributed by atoms with Gasteiger partial charge in [-0.15, -0.1) is 0 Å². The number of benzene rings is 1. The molecule has 2 aliphatic heterocycles. The minimum absolute atomic E-state index is 0.170. The monoisotopic (exact) mass is 455 g/mol. The molecule has 1 amide bonds. The Balaban J connectivity index is 1.36. The molecule has 0 saturated carbocycles. The van der Waals surface area contributed by atoms with E-state index in [4.69, 9.17) is 0 Å². The van der Waals surface area contributed by atoms with E-state index in [1.807, 2.05) is 19.1 Å². The van der Waals surface area contributed by atoms with Crippen LogP contribution in [0.15, 0.2) is 41.1 Å². The molecule has 29 heavy (non-hydrogen) atoms. The number of hydrogen-bond donors (Lipinski definition) is 2. The number of imidazole rings is 1. The summed E-state index contributed by atoms with van der Waals surface area (Å²) in [6.07, 6.45) is 4.24. The summed E-state index contributed by atoms with van der Waals surface area (Å²) in [5, 5.41) is 14.5. The first-order chi connectivity index (χ1) is 14.0. The van der Waals surface area contributed by atoms with Gasteiger partial charge >= 0.3 is 0 Å². The van der Waals surface area contributed by atoms with Crippen LogP contribution < -0.4 is 5.32 Å². The number of aryl methyl sites for hydroxylation is 1. The van der Waals surface area contributed by atoms with Gasteiger partial charge in [-0.25, -0.2) is 9.97 Å². The summed E-state index contributed by atoms with van der Waals surface area (Å²) in [7, 11) is 0. The molecule has 0 unspecified atom stereocenters. The molecule has 1 aromatic carbocycles. The number of rotatable bonds is 1. The van der Waals surface area contributed by atoms with E-state index in [0.29, 0.717) is 24.4 Å². The predicted molar refractivity (Wildman–Crippen MR) is 112 cm³/mol. The van der Waals surface area contributed by atoms with Gasteiger partial charge in [0.05, 0.1) is 16.1 Å². The summed E-state index contributed by atoms with van der Waals surface area (Å²) >= 11 is 3.45. The number of halogens is 1. The standard InChI is InChI=1S/C21H22BrN5O2/c1-13-16(22)10-23-20-25-17(11-27(13)20)19(29)26-7-6-21(18(28)12-26)8-14-4-2-3-5-15(14)9-24-21/h2-5,10-11,18,24,28H,6-9,12H2,1H3/t18-,21+/m1/s1. The Morgan fingerprint density at radius 1 is 1.34 bits per heavy atom. The lowest BCUT2D eigenvalue weighted by Gasteiger charge is -2.48. The first-order valence-corrected chi connectivity index (χ1v) is 10.6. The van der Waals surface area contributed by atoms with E-state index < -0.39 is 6.10 Å². The number of hydrogen-bond acceptors (Lipinski definition) is 5. The smallest absolute Gasteiger partial charge is 0.274 e. The number of nitrogens with one attached hydrogen (secondary N) is 1. The van der Waals surface area contributed by atoms with Crippen LogP contribution in [0.5, 0.6) is 0 Å². The number of carbonyl (C=O) groups excluding carboxylic acids is 1. The molecule has 2 aromatic heterocycles. The fraction of sp³-hybridized carbons (Fsp3) is 0.381. The highest BCUT2D eigenvalue weighted by Gasteiger charge is 2.45. The summed E-state index contributed by atoms with van der Waals surface area (Å²) in [5.41, 5.74) is 3.46. The first-order valence-electron chi connectivity index (χ1n) is 9.76. The molecule has 2 aliphatic rings. The zero-order valence-corrected chi connectivity index (χ0v) is 17.7. The maximum Gasteiger partial charge on any atom is 0.274 e. The Morgan fingerprint density at radius 3 is 2.93 bits per heavy atom. The highest BCUT2D eigenvalue weighted by molar-refractivity contribution is 9.10. The van der Waals surface area contributed by atoms with Crippen molar-refractivity contribution in [2.24, 2.45) is 0 Å². The molecule has 4 heterocycles. The summed E-state index contributed by atoms with van der Waals surface area (Å²) in [5.74, 6) is 0.324. The fourth-order valence-corrected chi connectivity index (χ4v) is 4.74. The molecule has 1 saturated heterocycles. The van der Waals surface area contributed by atoms with Crippen LogP contribution in [0, 0.1) is 6.92 Å². The molecular weight excluding hydrogens is 434 g/mol. The molecular formula is C21H22BrN5O2. The third-order valence-corrected chi connectivity index (χ3v) is 7.09. The molecule has 5 rings (SSSR count). The van der Waals surface area contributed by atoms with Crippen molar-refractivity contribution in [3.05, 3.63) is 63.6 Å². The van der Waals surface area contributed by atoms with Gasteiger partial charge in [0.1, 0.15) is 5.69 Å². The van der Waals surface area contributed by atoms with Crippen LogP contribution in [0.3, 0.4) is 0 Å². The average Bonchev–Trinajstić information content (AvgIpc) is 3.17. The number of fused-ring (bicyclic) bond motifs is 2. The van der Waals surface area contributed by atoms with E-state index in [-0.39, 0.29) is 18.0 Å². The number of amides is 1. The van der Waals surface area contributed by atoms with Gasteiger partial charge in [0.25, 0.3) is 5.91 Å². The molecule has 1 fully saturated rings. The average molecular weight is 456 g/mol. The van der Waals surface area contributed by atoms with Gasteiger partial charge in [-0.05, 0) is 46.8 Å². The molecule has 8 heteroatoms. The fourth-order valence-electron chi connectivity index (χ4n) is 4.45. The normalized spacial score (nSPS) is 24.1. The van der Waals surface area contributed by atoms with Crippen molar-refractivity contribution in [1.82, 2.24) is 24.6 Å². The van der Waals surface area contributed by atoms with E-state index in [2.05, 4.69) is 43.3 Å². The van der Waals surface area contributed by atoms with Crippen LogP contribution >= 0.6 is 15.9 Å². The number of likely N-dealkylation sites (tertiary alicyclic amines) is 1. The van der Waals surface area contributed by atoms with E-state index in [9.17, 15) is 9.90 Å². The zero-order chi connectivity index (χ0) is 20.2. The Morgan fingerprint density at radius 2 is 2.14 bits per heavy atom. The lowest BCUT2D eigenvalue weighted by molar-refractivity contribution is -0.0140. The zero-order valence-electron chi connectivity index (χ0n) is 16.1. The molecule has 0 aliphatic carbocycles. The van der Waals surface area contributed by atoms with Crippen LogP contribution in [0.4, 0.5) is 0 Å². The summed E-state index contributed by atoms with van der Waals surface area (Å²) in [6, 6.07) is 8.34. The van der Waals surface area contributed by atoms with E-state index >= 15 is 0 Å². The van der Waals surface area contributed by atoms with Crippen LogP contribution in [-0.2, 0) is 13.0 Å². The van der Waals surface area contributed by atoms with Crippen molar-refractivity contribution in [3.8, 4) is 0 Å². The predicted octanol–water partition coefficient (Wildman–Crippen LogP) is 2.09. The highest BCUT2D eigenvalue weighted by atomic mass is 79.9. The van der Waals surface area contributed by atoms with Crippen LogP contribution in [0.1, 0.15) is 33.7 Å². The summed E-state index contributed by atoms with van der Waals surface area (Å²) in [4.78, 5) is 23.4. The Kier molecular flexibility index (Phi) is 4.45. The molecule has 7 nitrogen and oxygen atoms in total. The maximum atomic E-state index is 13.1. The van der Waals surface area contributed by atoms with Gasteiger partial charge < -0.3 is 15.3 Å². The van der Waals surface area contributed by atoms with Crippen molar-refractivity contribution in [3.63, 3.8) is 0 Å². The van der Waals surface area contributed by atoms with Crippen LogP contribution in [0.25, 0.3) is 5.78 Å². The second-order valence-corrected chi connectivity index (χ2v) is 8.81. The van der Waals surface area contributed by atoms with E-state index in [0.717, 1.165) is 23.1 Å². The molecule has 0 radical (unpaired) electrons. The third-order valence-electron chi connectivity index (χ3n) is 6.31. The molecule has 150 valence electrons. The SMILES string of the molecule is Cc1c(Br)cnc2nc(C(=O)N3CC[C@]4(Cc5ccccc5CN4)[C@H](O)C3)cn12. The van der Waals surface area contributed by atoms with Crippen molar-refractivity contribution >= 4 is 27.6 Å². The van der Waals surface area contributed by atoms with Crippen LogP contribution in [0.2, 0.25) is 0 Å². The minimum atomic E-state index is -0.639. The second kappa shape index (κ2) is 6.90. The number of nitrogens with zero attached hydrogens (tertiary/aromatic N) is 4. The summed E-state index contributed by atoms with van der Waals surface area (Å²) < 4.78 is 2.67. The number of aliphatic hydroxyl groups excluding tert-OH is 1. The topological polar surface area (TPSA) is 82.8 Å². The minimum Gasteiger partial charge on any atom is -0.389 e. The van der Waals surface area contributed by atoms with Gasteiger partial charge in [-0.1, -0.05) is 24.3 Å². The first kappa shape index (κ1) is 18.7. The lowest BCUT2D eigenvalue weighted by Crippen LogP contribution is -2.65. The molecule has 1 spiro atoms. The number of β-amino-alcohol motifs (C(OH)–C–C–N with tert-alkyl or cyclic N) is 1. The molecule has 0 bridgehead atoms. The Bertz CT molecular complexity index is 1110. The molecule has 2 atom stereocenters. The van der Waals surface area contributed by atoms with Crippen molar-refractivity contribution < 1.29 is 9.90 Å². The molecule has 2 N–H and O–H groups in total. The van der Waals surface area contributed by atoms with Gasteiger partial charge in [0, 0.05) is 37.7 Å². The third kappa shape index (κ3) is 3.06. The van der Waals surface area contributed by atoms with Crippen molar-refractivity contribution in [1.29, 1.82) is 0 Å². The Hall–Kier alpha value is -2.29. The summed E-state index contributed by atoms with van der Waals surface area (Å²) in [6.45, 7) is 3.55. The van der Waals surface area contributed by atoms with E-state index in [1.165, 1.54) is 11.1 Å².